The fourth-order valence-electron chi connectivity index (χ4n) is 3.10. The first-order valence-corrected chi connectivity index (χ1v) is 10.3. The summed E-state index contributed by atoms with van der Waals surface area (Å²) in [5, 5.41) is 13.0. The van der Waals surface area contributed by atoms with Gasteiger partial charge in [-0.15, -0.1) is 0 Å². The van der Waals surface area contributed by atoms with Gasteiger partial charge in [-0.25, -0.2) is 9.78 Å². The third-order valence-corrected chi connectivity index (χ3v) is 5.29. The van der Waals surface area contributed by atoms with E-state index in [0.29, 0.717) is 22.2 Å². The Morgan fingerprint density at radius 3 is 2.35 bits per heavy atom. The van der Waals surface area contributed by atoms with Gasteiger partial charge in [0.05, 0.1) is 16.6 Å². The molecular formula is C23H21Cl2N3O3. The quantitative estimate of drug-likeness (QED) is 0.508. The number of carbonyl (C=O) groups is 2. The van der Waals surface area contributed by atoms with Crippen molar-refractivity contribution in [2.45, 2.75) is 19.5 Å². The lowest BCUT2D eigenvalue weighted by Gasteiger charge is -2.21. The molecule has 0 saturated heterocycles. The molecule has 0 saturated carbocycles. The number of hydrogen-bond acceptors (Lipinski definition) is 4. The van der Waals surface area contributed by atoms with E-state index in [0.717, 1.165) is 16.9 Å². The molecule has 0 aliphatic rings. The highest BCUT2D eigenvalue weighted by molar-refractivity contribution is 6.31. The van der Waals surface area contributed by atoms with Gasteiger partial charge in [0, 0.05) is 30.4 Å². The number of anilines is 1. The summed E-state index contributed by atoms with van der Waals surface area (Å²) in [6.45, 7) is 2.28. The van der Waals surface area contributed by atoms with Gasteiger partial charge >= 0.3 is 5.97 Å². The smallest absolute Gasteiger partial charge is 0.335 e. The molecule has 1 amide bonds. The van der Waals surface area contributed by atoms with E-state index in [1.807, 2.05) is 24.9 Å². The van der Waals surface area contributed by atoms with Crippen molar-refractivity contribution in [2.24, 2.45) is 0 Å². The molecule has 0 fully saturated rings. The molecule has 8 heteroatoms. The molecule has 0 radical (unpaired) electrons. The topological polar surface area (TPSA) is 82.5 Å². The van der Waals surface area contributed by atoms with Crippen LogP contribution >= 0.6 is 23.2 Å². The van der Waals surface area contributed by atoms with E-state index in [9.17, 15) is 9.59 Å². The molecule has 1 aromatic heterocycles. The maximum absolute atomic E-state index is 13.0. The molecule has 3 aromatic rings. The number of carboxylic acid groups (broad SMARTS) is 1. The van der Waals surface area contributed by atoms with Crippen LogP contribution in [0.1, 0.15) is 44.8 Å². The second-order valence-electron chi connectivity index (χ2n) is 7.11. The van der Waals surface area contributed by atoms with E-state index in [1.165, 1.54) is 12.1 Å². The Morgan fingerprint density at radius 1 is 1.06 bits per heavy atom. The molecule has 0 aliphatic heterocycles. The standard InChI is InChI=1S/C23H21Cl2N3O3/c1-14(15-3-5-16(6-4-15)23(30)31)27-22(29)20-11-18(24)8-7-17(20)13-28(2)21-10-9-19(25)12-26-21/h3-12,14H,13H2,1-2H3,(H,27,29)(H,30,31). The predicted molar refractivity (Wildman–Crippen MR) is 122 cm³/mol. The molecule has 3 rings (SSSR count). The molecular weight excluding hydrogens is 437 g/mol. The molecule has 1 heterocycles. The second kappa shape index (κ2) is 9.81. The maximum atomic E-state index is 13.0. The molecule has 0 aliphatic carbocycles. The lowest BCUT2D eigenvalue weighted by atomic mass is 10.0. The monoisotopic (exact) mass is 457 g/mol. The van der Waals surface area contributed by atoms with E-state index >= 15 is 0 Å². The van der Waals surface area contributed by atoms with Gasteiger partial charge < -0.3 is 15.3 Å². The van der Waals surface area contributed by atoms with Crippen molar-refractivity contribution in [1.29, 1.82) is 0 Å². The number of nitrogens with zero attached hydrogens (tertiary/aromatic N) is 2. The summed E-state index contributed by atoms with van der Waals surface area (Å²) in [6.07, 6.45) is 1.57. The van der Waals surface area contributed by atoms with E-state index in [2.05, 4.69) is 10.3 Å². The molecule has 31 heavy (non-hydrogen) atoms. The fourth-order valence-corrected chi connectivity index (χ4v) is 3.38. The van der Waals surface area contributed by atoms with Gasteiger partial charge in [0.1, 0.15) is 5.82 Å². The minimum atomic E-state index is -0.994. The normalized spacial score (nSPS) is 11.6. The Bertz CT molecular complexity index is 1090. The Labute approximate surface area is 190 Å². The van der Waals surface area contributed by atoms with Crippen LogP contribution < -0.4 is 10.2 Å². The van der Waals surface area contributed by atoms with Gasteiger partial charge in [0.15, 0.2) is 0 Å². The number of carboxylic acids is 1. The molecule has 1 atom stereocenters. The average molecular weight is 458 g/mol. The highest BCUT2D eigenvalue weighted by Gasteiger charge is 2.17. The first-order chi connectivity index (χ1) is 14.7. The lowest BCUT2D eigenvalue weighted by Crippen LogP contribution is -2.29. The number of benzene rings is 2. The summed E-state index contributed by atoms with van der Waals surface area (Å²) < 4.78 is 0. The highest BCUT2D eigenvalue weighted by atomic mass is 35.5. The first-order valence-electron chi connectivity index (χ1n) is 9.50. The number of nitrogens with one attached hydrogen (secondary N) is 1. The van der Waals surface area contributed by atoms with Gasteiger partial charge in [0.2, 0.25) is 0 Å². The van der Waals surface area contributed by atoms with Crippen LogP contribution in [0.15, 0.2) is 60.8 Å². The van der Waals surface area contributed by atoms with Gasteiger partial charge in [-0.3, -0.25) is 4.79 Å². The van der Waals surface area contributed by atoms with Crippen molar-refractivity contribution in [2.75, 3.05) is 11.9 Å². The minimum absolute atomic E-state index is 0.193. The molecule has 2 N–H and O–H groups in total. The van der Waals surface area contributed by atoms with Crippen LogP contribution in [0.4, 0.5) is 5.82 Å². The zero-order chi connectivity index (χ0) is 22.5. The lowest BCUT2D eigenvalue weighted by molar-refractivity contribution is 0.0696. The van der Waals surface area contributed by atoms with Crippen molar-refractivity contribution >= 4 is 40.9 Å². The van der Waals surface area contributed by atoms with E-state index in [1.54, 1.807) is 42.6 Å². The summed E-state index contributed by atoms with van der Waals surface area (Å²) in [5.41, 5.74) is 2.24. The Balaban J connectivity index is 1.77. The Kier molecular flexibility index (Phi) is 7.15. The number of rotatable bonds is 7. The third kappa shape index (κ3) is 5.75. The molecule has 0 bridgehead atoms. The Morgan fingerprint density at radius 2 is 1.74 bits per heavy atom. The SMILES string of the molecule is CC(NC(=O)c1cc(Cl)ccc1CN(C)c1ccc(Cl)cn1)c1ccc(C(=O)O)cc1. The van der Waals surface area contributed by atoms with Gasteiger partial charge in [-0.1, -0.05) is 41.4 Å². The van der Waals surface area contributed by atoms with E-state index in [-0.39, 0.29) is 17.5 Å². The number of aromatic nitrogens is 1. The summed E-state index contributed by atoms with van der Waals surface area (Å²) in [4.78, 5) is 30.3. The minimum Gasteiger partial charge on any atom is -0.478 e. The van der Waals surface area contributed by atoms with Gasteiger partial charge in [0.25, 0.3) is 5.91 Å². The van der Waals surface area contributed by atoms with Crippen LogP contribution in [-0.4, -0.2) is 29.0 Å². The van der Waals surface area contributed by atoms with Crippen LogP contribution in [0.25, 0.3) is 0 Å². The predicted octanol–water partition coefficient (Wildman–Crippen LogP) is 5.21. The molecule has 2 aromatic carbocycles. The molecule has 0 spiro atoms. The van der Waals surface area contributed by atoms with Crippen molar-refractivity contribution in [3.8, 4) is 0 Å². The van der Waals surface area contributed by atoms with Crippen LogP contribution in [-0.2, 0) is 6.54 Å². The highest BCUT2D eigenvalue weighted by Crippen LogP contribution is 2.22. The number of pyridine rings is 1. The zero-order valence-electron chi connectivity index (χ0n) is 17.0. The van der Waals surface area contributed by atoms with Gasteiger partial charge in [-0.05, 0) is 54.4 Å². The Hall–Kier alpha value is -3.09. The summed E-state index contributed by atoms with van der Waals surface area (Å²) in [6, 6.07) is 14.8. The number of amides is 1. The van der Waals surface area contributed by atoms with Crippen LogP contribution in [0, 0.1) is 0 Å². The average Bonchev–Trinajstić information content (AvgIpc) is 2.75. The second-order valence-corrected chi connectivity index (χ2v) is 7.99. The summed E-state index contributed by atoms with van der Waals surface area (Å²) in [5.74, 6) is -0.548. The summed E-state index contributed by atoms with van der Waals surface area (Å²) >= 11 is 12.1. The summed E-state index contributed by atoms with van der Waals surface area (Å²) in [7, 11) is 1.87. The number of hydrogen-bond donors (Lipinski definition) is 2. The number of halogens is 2. The number of carbonyl (C=O) groups excluding carboxylic acids is 1. The van der Waals surface area contributed by atoms with Crippen LogP contribution in [0.5, 0.6) is 0 Å². The largest absolute Gasteiger partial charge is 0.478 e. The van der Waals surface area contributed by atoms with Crippen molar-refractivity contribution < 1.29 is 14.7 Å². The first kappa shape index (κ1) is 22.6. The molecule has 6 nitrogen and oxygen atoms in total. The molecule has 1 unspecified atom stereocenters. The van der Waals surface area contributed by atoms with Crippen molar-refractivity contribution in [3.63, 3.8) is 0 Å². The third-order valence-electron chi connectivity index (χ3n) is 4.83. The van der Waals surface area contributed by atoms with Crippen molar-refractivity contribution in [3.05, 3.63) is 93.1 Å². The fraction of sp³-hybridized carbons (Fsp3) is 0.174. The van der Waals surface area contributed by atoms with Crippen LogP contribution in [0.2, 0.25) is 10.0 Å². The number of aromatic carboxylic acids is 1. The van der Waals surface area contributed by atoms with E-state index in [4.69, 9.17) is 28.3 Å². The maximum Gasteiger partial charge on any atom is 0.335 e. The van der Waals surface area contributed by atoms with Crippen LogP contribution in [0.3, 0.4) is 0 Å². The van der Waals surface area contributed by atoms with E-state index < -0.39 is 5.97 Å². The molecule has 160 valence electrons. The zero-order valence-corrected chi connectivity index (χ0v) is 18.5. The van der Waals surface area contributed by atoms with Crippen molar-refractivity contribution in [1.82, 2.24) is 10.3 Å². The van der Waals surface area contributed by atoms with Gasteiger partial charge in [-0.2, -0.15) is 0 Å².